The maximum absolute atomic E-state index is 12.7. The second-order valence-electron chi connectivity index (χ2n) is 8.41. The number of hydrogen-bond acceptors (Lipinski definition) is 4. The molecule has 1 unspecified atom stereocenters. The molecule has 2 fully saturated rings. The number of rotatable bonds is 5. The maximum Gasteiger partial charge on any atom is 0.272 e. The molecule has 158 valence electrons. The number of benzene rings is 1. The average Bonchev–Trinajstić information content (AvgIpc) is 3.27. The molecule has 2 amide bonds. The van der Waals surface area contributed by atoms with Gasteiger partial charge in [-0.25, -0.2) is 0 Å². The summed E-state index contributed by atoms with van der Waals surface area (Å²) in [7, 11) is 0. The Balaban J connectivity index is 1.21. The van der Waals surface area contributed by atoms with Crippen LogP contribution in [0, 0.1) is 18.8 Å². The van der Waals surface area contributed by atoms with E-state index in [-0.39, 0.29) is 17.7 Å². The number of piperidine rings is 1. The molecule has 4 rings (SSSR count). The first kappa shape index (κ1) is 20.4. The Labute approximate surface area is 178 Å². The quantitative estimate of drug-likeness (QED) is 0.829. The zero-order valence-electron chi connectivity index (χ0n) is 17.6. The van der Waals surface area contributed by atoms with E-state index in [0.717, 1.165) is 26.1 Å². The number of amides is 2. The van der Waals surface area contributed by atoms with E-state index >= 15 is 0 Å². The first-order valence-electron chi connectivity index (χ1n) is 10.9. The van der Waals surface area contributed by atoms with Crippen molar-refractivity contribution in [3.63, 3.8) is 0 Å². The summed E-state index contributed by atoms with van der Waals surface area (Å²) >= 11 is 0. The number of carbonyl (C=O) groups excluding carboxylic acids is 2. The second-order valence-corrected chi connectivity index (χ2v) is 8.41. The summed E-state index contributed by atoms with van der Waals surface area (Å²) in [5.74, 6) is 0.567. The summed E-state index contributed by atoms with van der Waals surface area (Å²) in [6.45, 7) is 6.13. The molecule has 1 N–H and O–H groups in total. The van der Waals surface area contributed by atoms with Crippen molar-refractivity contribution in [2.45, 2.75) is 26.2 Å². The zero-order chi connectivity index (χ0) is 20.9. The first-order chi connectivity index (χ1) is 14.6. The third kappa shape index (κ3) is 4.64. The fourth-order valence-corrected chi connectivity index (χ4v) is 4.52. The molecule has 1 aromatic heterocycles. The fraction of sp³-hybridized carbons (Fsp3) is 0.458. The molecule has 2 saturated heterocycles. The maximum atomic E-state index is 12.7. The molecule has 2 aliphatic rings. The Morgan fingerprint density at radius 1 is 1.03 bits per heavy atom. The topological polar surface area (TPSA) is 65.5 Å². The van der Waals surface area contributed by atoms with Crippen LogP contribution in [0.5, 0.6) is 0 Å². The van der Waals surface area contributed by atoms with E-state index in [1.165, 1.54) is 11.3 Å². The first-order valence-corrected chi connectivity index (χ1v) is 10.9. The van der Waals surface area contributed by atoms with Gasteiger partial charge in [0.05, 0.1) is 0 Å². The number of aryl methyl sites for hydroxylation is 1. The monoisotopic (exact) mass is 406 g/mol. The molecule has 0 spiro atoms. The molecule has 0 bridgehead atoms. The number of aromatic nitrogens is 1. The standard InChI is InChI=1S/C24H30N4O2/c1-18-6-2-3-8-22(18)28-13-9-19(17-28)16-26-23(29)20-10-14-27(15-11-20)24(30)21-7-4-5-12-25-21/h2-8,12,19-20H,9-11,13-17H2,1H3,(H,26,29). The highest BCUT2D eigenvalue weighted by atomic mass is 16.2. The molecule has 0 aliphatic carbocycles. The zero-order valence-corrected chi connectivity index (χ0v) is 17.6. The Kier molecular flexibility index (Phi) is 6.31. The van der Waals surface area contributed by atoms with E-state index in [1.807, 2.05) is 11.0 Å². The highest BCUT2D eigenvalue weighted by Crippen LogP contribution is 2.26. The van der Waals surface area contributed by atoms with Crippen LogP contribution in [0.25, 0.3) is 0 Å². The van der Waals surface area contributed by atoms with Crippen LogP contribution < -0.4 is 10.2 Å². The van der Waals surface area contributed by atoms with E-state index < -0.39 is 0 Å². The van der Waals surface area contributed by atoms with Crippen molar-refractivity contribution >= 4 is 17.5 Å². The van der Waals surface area contributed by atoms with Gasteiger partial charge in [0.2, 0.25) is 5.91 Å². The van der Waals surface area contributed by atoms with E-state index in [9.17, 15) is 9.59 Å². The molecular formula is C24H30N4O2. The summed E-state index contributed by atoms with van der Waals surface area (Å²) in [5.41, 5.74) is 3.07. The molecule has 6 heteroatoms. The Morgan fingerprint density at radius 3 is 2.53 bits per heavy atom. The lowest BCUT2D eigenvalue weighted by molar-refractivity contribution is -0.126. The Hall–Kier alpha value is -2.89. The molecule has 6 nitrogen and oxygen atoms in total. The van der Waals surface area contributed by atoms with Crippen LogP contribution in [0.2, 0.25) is 0 Å². The molecule has 0 radical (unpaired) electrons. The van der Waals surface area contributed by atoms with Crippen molar-refractivity contribution in [1.29, 1.82) is 0 Å². The summed E-state index contributed by atoms with van der Waals surface area (Å²) in [4.78, 5) is 33.5. The van der Waals surface area contributed by atoms with Crippen molar-refractivity contribution in [1.82, 2.24) is 15.2 Å². The largest absolute Gasteiger partial charge is 0.371 e. The number of anilines is 1. The molecule has 1 aromatic carbocycles. The van der Waals surface area contributed by atoms with Crippen molar-refractivity contribution in [2.75, 3.05) is 37.6 Å². The van der Waals surface area contributed by atoms with Crippen molar-refractivity contribution in [3.05, 3.63) is 59.9 Å². The van der Waals surface area contributed by atoms with Crippen LogP contribution >= 0.6 is 0 Å². The van der Waals surface area contributed by atoms with Gasteiger partial charge >= 0.3 is 0 Å². The predicted molar refractivity (Wildman–Crippen MR) is 117 cm³/mol. The van der Waals surface area contributed by atoms with E-state index in [2.05, 4.69) is 46.4 Å². The van der Waals surface area contributed by atoms with Gasteiger partial charge in [-0.2, -0.15) is 0 Å². The number of hydrogen-bond donors (Lipinski definition) is 1. The van der Waals surface area contributed by atoms with Gasteiger partial charge in [0.1, 0.15) is 5.69 Å². The molecule has 3 heterocycles. The Bertz CT molecular complexity index is 878. The lowest BCUT2D eigenvalue weighted by Gasteiger charge is -2.31. The number of pyridine rings is 1. The summed E-state index contributed by atoms with van der Waals surface area (Å²) < 4.78 is 0. The Morgan fingerprint density at radius 2 is 1.80 bits per heavy atom. The van der Waals surface area contributed by atoms with Gasteiger partial charge in [0.25, 0.3) is 5.91 Å². The number of carbonyl (C=O) groups is 2. The second kappa shape index (κ2) is 9.28. The predicted octanol–water partition coefficient (Wildman–Crippen LogP) is 2.88. The summed E-state index contributed by atoms with van der Waals surface area (Å²) in [6.07, 6.45) is 4.16. The lowest BCUT2D eigenvalue weighted by Crippen LogP contribution is -2.44. The SMILES string of the molecule is Cc1ccccc1N1CCC(CNC(=O)C2CCN(C(=O)c3ccccn3)CC2)C1. The third-order valence-corrected chi connectivity index (χ3v) is 6.34. The molecule has 2 aromatic rings. The fourth-order valence-electron chi connectivity index (χ4n) is 4.52. The molecule has 0 saturated carbocycles. The molecule has 30 heavy (non-hydrogen) atoms. The minimum Gasteiger partial charge on any atom is -0.371 e. The molecular weight excluding hydrogens is 376 g/mol. The average molecular weight is 407 g/mol. The van der Waals surface area contributed by atoms with Gasteiger partial charge in [-0.3, -0.25) is 14.6 Å². The number of likely N-dealkylation sites (tertiary alicyclic amines) is 1. The smallest absolute Gasteiger partial charge is 0.272 e. The van der Waals surface area contributed by atoms with Gasteiger partial charge in [-0.1, -0.05) is 24.3 Å². The van der Waals surface area contributed by atoms with E-state index in [4.69, 9.17) is 0 Å². The summed E-state index contributed by atoms with van der Waals surface area (Å²) in [5, 5.41) is 3.18. The normalized spacial score (nSPS) is 19.7. The lowest BCUT2D eigenvalue weighted by atomic mass is 9.95. The number of nitrogens with one attached hydrogen (secondary N) is 1. The highest BCUT2D eigenvalue weighted by molar-refractivity contribution is 5.92. The van der Waals surface area contributed by atoms with Crippen LogP contribution in [0.15, 0.2) is 48.7 Å². The number of para-hydroxylation sites is 1. The molecule has 1 atom stereocenters. The highest BCUT2D eigenvalue weighted by Gasteiger charge is 2.29. The van der Waals surface area contributed by atoms with Crippen molar-refractivity contribution < 1.29 is 9.59 Å². The number of nitrogens with zero attached hydrogens (tertiary/aromatic N) is 3. The summed E-state index contributed by atoms with van der Waals surface area (Å²) in [6, 6.07) is 13.8. The van der Waals surface area contributed by atoms with Gasteiger partial charge in [-0.05, 0) is 55.9 Å². The van der Waals surface area contributed by atoms with Crippen LogP contribution in [0.1, 0.15) is 35.3 Å². The minimum absolute atomic E-state index is 0.00773. The van der Waals surface area contributed by atoms with Gasteiger partial charge in [-0.15, -0.1) is 0 Å². The minimum atomic E-state index is -0.0447. The van der Waals surface area contributed by atoms with Crippen LogP contribution in [-0.4, -0.2) is 54.4 Å². The van der Waals surface area contributed by atoms with Gasteiger partial charge in [0, 0.05) is 50.5 Å². The van der Waals surface area contributed by atoms with Crippen LogP contribution in [0.4, 0.5) is 5.69 Å². The van der Waals surface area contributed by atoms with E-state index in [0.29, 0.717) is 37.5 Å². The van der Waals surface area contributed by atoms with Crippen molar-refractivity contribution in [3.8, 4) is 0 Å². The van der Waals surface area contributed by atoms with Crippen LogP contribution in [-0.2, 0) is 4.79 Å². The van der Waals surface area contributed by atoms with Crippen molar-refractivity contribution in [2.24, 2.45) is 11.8 Å². The van der Waals surface area contributed by atoms with Gasteiger partial charge < -0.3 is 15.1 Å². The van der Waals surface area contributed by atoms with Gasteiger partial charge in [0.15, 0.2) is 0 Å². The molecule has 2 aliphatic heterocycles. The third-order valence-electron chi connectivity index (χ3n) is 6.34. The van der Waals surface area contributed by atoms with Crippen LogP contribution in [0.3, 0.4) is 0 Å². The van der Waals surface area contributed by atoms with E-state index in [1.54, 1.807) is 18.3 Å².